The number of aromatic amines is 1. The summed E-state index contributed by atoms with van der Waals surface area (Å²) in [6, 6.07) is 19.6. The van der Waals surface area contributed by atoms with E-state index >= 15 is 0 Å². The van der Waals surface area contributed by atoms with Crippen LogP contribution in [0, 0.1) is 29.6 Å². The van der Waals surface area contributed by atoms with Crippen molar-refractivity contribution in [3.63, 3.8) is 0 Å². The molecule has 2 saturated carbocycles. The van der Waals surface area contributed by atoms with Crippen LogP contribution in [0.15, 0.2) is 87.5 Å². The molecule has 2 aliphatic carbocycles. The van der Waals surface area contributed by atoms with E-state index in [0.29, 0.717) is 22.1 Å². The minimum absolute atomic E-state index is 0.0161. The maximum absolute atomic E-state index is 14.0. The summed E-state index contributed by atoms with van der Waals surface area (Å²) in [5, 5.41) is 9.12. The first-order valence-corrected chi connectivity index (χ1v) is 18.8. The molecule has 1 aromatic heterocycles. The van der Waals surface area contributed by atoms with Gasteiger partial charge in [0.1, 0.15) is 5.75 Å². The third kappa shape index (κ3) is 5.08. The first-order valence-electron chi connectivity index (χ1n) is 15.2. The van der Waals surface area contributed by atoms with Crippen LogP contribution in [0.2, 0.25) is 5.02 Å². The lowest BCUT2D eigenvalue weighted by Gasteiger charge is -2.43. The van der Waals surface area contributed by atoms with Gasteiger partial charge < -0.3 is 15.0 Å². The number of hydrogen-bond donors (Lipinski definition) is 3. The molecular weight excluding hydrogens is 696 g/mol. The Labute approximate surface area is 287 Å². The fourth-order valence-corrected chi connectivity index (χ4v) is 11.7. The van der Waals surface area contributed by atoms with Crippen molar-refractivity contribution in [2.75, 3.05) is 16.8 Å². The summed E-state index contributed by atoms with van der Waals surface area (Å²) in [7, 11) is -3.87. The molecule has 4 N–H and O–H groups in total. The number of aromatic nitrogens is 1. The quantitative estimate of drug-likeness (QED) is 0.236. The number of carbonyl (C=O) groups excluding carboxylic acids is 3. The first kappa shape index (κ1) is 31.3. The highest BCUT2D eigenvalue weighted by Gasteiger charge is 2.69. The van der Waals surface area contributed by atoms with Gasteiger partial charge in [-0.1, -0.05) is 41.1 Å². The third-order valence-electron chi connectivity index (χ3n) is 9.89. The predicted octanol–water partition coefficient (Wildman–Crippen LogP) is 4.43. The fourth-order valence-electron chi connectivity index (χ4n) is 8.15. The summed E-state index contributed by atoms with van der Waals surface area (Å²) in [6.07, 6.45) is 0.731. The lowest BCUT2D eigenvalue weighted by Crippen LogP contribution is -2.42. The number of benzene rings is 3. The number of halogens is 1. The van der Waals surface area contributed by atoms with Crippen LogP contribution in [0.5, 0.6) is 5.75 Å². The van der Waals surface area contributed by atoms with Crippen LogP contribution < -0.4 is 25.0 Å². The van der Waals surface area contributed by atoms with Crippen LogP contribution >= 0.6 is 34.7 Å². The molecule has 3 heterocycles. The van der Waals surface area contributed by atoms with Gasteiger partial charge in [0.2, 0.25) is 21.8 Å². The number of sulfonamides is 1. The summed E-state index contributed by atoms with van der Waals surface area (Å²) < 4.78 is 29.2. The number of thioether (sulfide) groups is 1. The molecule has 246 valence electrons. The summed E-state index contributed by atoms with van der Waals surface area (Å²) in [5.41, 5.74) is 1.68. The molecule has 8 rings (SSSR count). The number of nitrogens with zero attached hydrogens (tertiary/aromatic N) is 1. The van der Waals surface area contributed by atoms with E-state index in [-0.39, 0.29) is 57.1 Å². The average molecular weight is 723 g/mol. The number of anilines is 2. The van der Waals surface area contributed by atoms with Gasteiger partial charge in [-0.05, 0) is 78.8 Å². The van der Waals surface area contributed by atoms with Crippen molar-refractivity contribution >= 4 is 73.8 Å². The molecule has 0 radical (unpaired) electrons. The molecule has 7 atom stereocenters. The number of nitrogens with one attached hydrogen (secondary N) is 2. The van der Waals surface area contributed by atoms with Crippen molar-refractivity contribution in [2.45, 2.75) is 27.5 Å². The minimum atomic E-state index is -3.87. The van der Waals surface area contributed by atoms with E-state index in [9.17, 15) is 27.6 Å². The van der Waals surface area contributed by atoms with Gasteiger partial charge in [0.05, 0.1) is 27.4 Å². The van der Waals surface area contributed by atoms with Crippen molar-refractivity contribution in [3.05, 3.63) is 97.9 Å². The number of amides is 3. The van der Waals surface area contributed by atoms with Crippen molar-refractivity contribution < 1.29 is 27.5 Å². The molecule has 2 bridgehead atoms. The normalized spacial score (nSPS) is 27.0. The fraction of sp³-hybridized carbons (Fsp3) is 0.273. The number of para-hydroxylation sites is 1. The van der Waals surface area contributed by atoms with Gasteiger partial charge in [-0.3, -0.25) is 24.1 Å². The van der Waals surface area contributed by atoms with Gasteiger partial charge in [-0.15, -0.1) is 11.8 Å². The number of primary sulfonamides is 1. The zero-order valence-electron chi connectivity index (χ0n) is 24.9. The van der Waals surface area contributed by atoms with E-state index in [2.05, 4.69) is 10.3 Å². The zero-order chi connectivity index (χ0) is 33.5. The topological polar surface area (TPSA) is 169 Å². The number of ether oxygens (including phenoxy) is 1. The van der Waals surface area contributed by atoms with Crippen molar-refractivity contribution in [2.24, 2.45) is 34.7 Å². The Morgan fingerprint density at radius 3 is 2.38 bits per heavy atom. The van der Waals surface area contributed by atoms with Gasteiger partial charge in [0.15, 0.2) is 6.61 Å². The largest absolute Gasteiger partial charge is 0.483 e. The Bertz CT molecular complexity index is 2150. The van der Waals surface area contributed by atoms with E-state index in [4.69, 9.17) is 21.5 Å². The van der Waals surface area contributed by atoms with Gasteiger partial charge in [-0.2, -0.15) is 0 Å². The molecule has 2 aliphatic heterocycles. The number of nitrogens with two attached hydrogens (primary N) is 1. The van der Waals surface area contributed by atoms with Crippen LogP contribution in [0.1, 0.15) is 22.8 Å². The average Bonchev–Trinajstić information content (AvgIpc) is 3.79. The smallest absolute Gasteiger partial charge is 0.305 e. The van der Waals surface area contributed by atoms with Crippen LogP contribution in [0.3, 0.4) is 0 Å². The number of H-pyrrole nitrogens is 1. The highest BCUT2D eigenvalue weighted by molar-refractivity contribution is 8.00. The third-order valence-corrected chi connectivity index (χ3v) is 13.7. The van der Waals surface area contributed by atoms with Gasteiger partial charge in [0, 0.05) is 32.3 Å². The van der Waals surface area contributed by atoms with Crippen molar-refractivity contribution in [3.8, 4) is 5.75 Å². The number of imide groups is 1. The van der Waals surface area contributed by atoms with Crippen LogP contribution in [0.4, 0.5) is 11.4 Å². The molecule has 3 fully saturated rings. The minimum Gasteiger partial charge on any atom is -0.483 e. The Morgan fingerprint density at radius 1 is 0.979 bits per heavy atom. The molecule has 0 unspecified atom stereocenters. The van der Waals surface area contributed by atoms with E-state index in [0.717, 1.165) is 33.2 Å². The van der Waals surface area contributed by atoms with E-state index in [1.54, 1.807) is 48.2 Å². The predicted molar refractivity (Wildman–Crippen MR) is 181 cm³/mol. The van der Waals surface area contributed by atoms with E-state index in [1.807, 2.05) is 12.1 Å². The van der Waals surface area contributed by atoms with Crippen LogP contribution in [0.25, 0.3) is 0 Å². The highest BCUT2D eigenvalue weighted by Crippen LogP contribution is 2.69. The number of fused-ring (bicyclic) bond motifs is 9. The molecule has 0 spiro atoms. The maximum Gasteiger partial charge on any atom is 0.305 e. The number of hydrogen-bond acceptors (Lipinski definition) is 9. The molecular formula is C33H27ClN4O7S3. The molecule has 4 aliphatic rings. The molecule has 3 amide bonds. The molecule has 4 aromatic rings. The Kier molecular flexibility index (Phi) is 7.56. The number of rotatable bonds is 7. The second kappa shape index (κ2) is 11.6. The van der Waals surface area contributed by atoms with Crippen LogP contribution in [-0.4, -0.2) is 43.0 Å². The second-order valence-electron chi connectivity index (χ2n) is 12.4. The molecule has 1 saturated heterocycles. The van der Waals surface area contributed by atoms with Crippen molar-refractivity contribution in [1.82, 2.24) is 4.98 Å². The SMILES string of the molecule is NS(=O)(=O)c1ccc(NC(=O)COc2ccccc2[C@@H]2c3sc(=O)[nH]c3S[C@@H]3[C@@H]4C[C@@H]([C@@H]5C(=O)N(c6ccc(Cl)cc6)C(=O)[C@@H]45)[C@H]23)cc1. The summed E-state index contributed by atoms with van der Waals surface area (Å²) in [5.74, 6) is -1.80. The highest BCUT2D eigenvalue weighted by atomic mass is 35.5. The van der Waals surface area contributed by atoms with E-state index in [1.165, 1.54) is 29.2 Å². The lowest BCUT2D eigenvalue weighted by molar-refractivity contribution is -0.123. The number of thiazole rings is 1. The maximum atomic E-state index is 14.0. The Morgan fingerprint density at radius 2 is 1.67 bits per heavy atom. The van der Waals surface area contributed by atoms with Gasteiger partial charge in [0.25, 0.3) is 5.91 Å². The van der Waals surface area contributed by atoms with E-state index < -0.39 is 27.8 Å². The molecule has 11 nitrogen and oxygen atoms in total. The molecule has 15 heteroatoms. The van der Waals surface area contributed by atoms with Gasteiger partial charge >= 0.3 is 4.87 Å². The Balaban J connectivity index is 1.09. The first-order chi connectivity index (χ1) is 23.0. The number of carbonyl (C=O) groups is 3. The molecule has 48 heavy (non-hydrogen) atoms. The van der Waals surface area contributed by atoms with Crippen LogP contribution in [-0.2, 0) is 24.4 Å². The second-order valence-corrected chi connectivity index (χ2v) is 16.6. The summed E-state index contributed by atoms with van der Waals surface area (Å²) in [6.45, 7) is -0.334. The lowest BCUT2D eigenvalue weighted by atomic mass is 9.68. The summed E-state index contributed by atoms with van der Waals surface area (Å²) in [4.78, 5) is 58.4. The monoisotopic (exact) mass is 722 g/mol. The van der Waals surface area contributed by atoms with Crippen molar-refractivity contribution in [1.29, 1.82) is 0 Å². The van der Waals surface area contributed by atoms with Gasteiger partial charge in [-0.25, -0.2) is 13.6 Å². The Hall–Kier alpha value is -3.95. The zero-order valence-corrected chi connectivity index (χ0v) is 28.1. The standard InChI is InChI=1S/C33H27ClN4O7S3/c34-15-5-9-17(10-6-15)38-31(40)26-20-13-21(27(26)32(38)41)28-25(20)24(29-30(46-28)37-33(42)47-29)19-3-1-2-4-22(19)45-14-23(39)36-16-7-11-18(12-8-16)48(35,43)44/h1-12,20-21,24-28H,13-14H2,(H,36,39)(H,37,42)(H2,35,43,44)/t20-,21-,24+,25-,26+,27+,28-/m1/s1. The molecule has 3 aromatic carbocycles. The summed E-state index contributed by atoms with van der Waals surface area (Å²) >= 11 is 8.82.